The van der Waals surface area contributed by atoms with Crippen molar-refractivity contribution < 1.29 is 4.52 Å². The Kier molecular flexibility index (Phi) is 5.18. The number of benzene rings is 1. The fourth-order valence-electron chi connectivity index (χ4n) is 1.27. The maximum atomic E-state index is 7.09. The SMILES string of the molecule is Cc1ccc(-c2noc(CSC(=N)N)n2)cc1.Cl. The van der Waals surface area contributed by atoms with Crippen molar-refractivity contribution in [3.8, 4) is 11.4 Å². The van der Waals surface area contributed by atoms with Crippen LogP contribution in [0, 0.1) is 12.3 Å². The van der Waals surface area contributed by atoms with Crippen LogP contribution in [0.5, 0.6) is 0 Å². The largest absolute Gasteiger partial charge is 0.379 e. The Labute approximate surface area is 115 Å². The van der Waals surface area contributed by atoms with Crippen LogP contribution in [0.3, 0.4) is 0 Å². The summed E-state index contributed by atoms with van der Waals surface area (Å²) in [6.45, 7) is 2.02. The summed E-state index contributed by atoms with van der Waals surface area (Å²) in [5, 5.41) is 11.0. The molecule has 0 aliphatic heterocycles. The van der Waals surface area contributed by atoms with E-state index in [4.69, 9.17) is 15.7 Å². The predicted molar refractivity (Wildman–Crippen MR) is 74.9 cm³/mol. The van der Waals surface area contributed by atoms with E-state index in [0.717, 1.165) is 17.3 Å². The molecule has 0 atom stereocenters. The van der Waals surface area contributed by atoms with Crippen molar-refractivity contribution in [1.82, 2.24) is 10.1 Å². The molecular weight excluding hydrogens is 272 g/mol. The van der Waals surface area contributed by atoms with Gasteiger partial charge >= 0.3 is 0 Å². The molecule has 3 N–H and O–H groups in total. The molecule has 0 aliphatic rings. The molecule has 0 unspecified atom stereocenters. The molecule has 1 aromatic carbocycles. The summed E-state index contributed by atoms with van der Waals surface area (Å²) in [7, 11) is 0. The average Bonchev–Trinajstić information content (AvgIpc) is 2.76. The van der Waals surface area contributed by atoms with Crippen LogP contribution in [0.2, 0.25) is 0 Å². The van der Waals surface area contributed by atoms with Crippen LogP contribution >= 0.6 is 24.2 Å². The van der Waals surface area contributed by atoms with Gasteiger partial charge in [-0.3, -0.25) is 5.41 Å². The number of amidine groups is 1. The van der Waals surface area contributed by atoms with E-state index in [1.54, 1.807) is 0 Å². The topological polar surface area (TPSA) is 88.8 Å². The molecule has 5 nitrogen and oxygen atoms in total. The van der Waals surface area contributed by atoms with E-state index in [0.29, 0.717) is 17.5 Å². The van der Waals surface area contributed by atoms with E-state index in [1.807, 2.05) is 31.2 Å². The lowest BCUT2D eigenvalue weighted by Gasteiger charge is -1.94. The third-order valence-electron chi connectivity index (χ3n) is 2.13. The minimum atomic E-state index is 0. The Balaban J connectivity index is 0.00000162. The van der Waals surface area contributed by atoms with Gasteiger partial charge in [0.1, 0.15) is 0 Å². The molecule has 0 spiro atoms. The van der Waals surface area contributed by atoms with Crippen molar-refractivity contribution >= 4 is 29.3 Å². The Bertz CT molecular complexity index is 526. The smallest absolute Gasteiger partial charge is 0.237 e. The van der Waals surface area contributed by atoms with Crippen molar-refractivity contribution in [2.45, 2.75) is 12.7 Å². The van der Waals surface area contributed by atoms with Gasteiger partial charge in [-0.05, 0) is 6.92 Å². The number of nitrogens with zero attached hydrogens (tertiary/aromatic N) is 2. The first-order valence-electron chi connectivity index (χ1n) is 5.01. The summed E-state index contributed by atoms with van der Waals surface area (Å²) in [5.41, 5.74) is 7.33. The Hall–Kier alpha value is -1.53. The quantitative estimate of drug-likeness (QED) is 0.668. The van der Waals surface area contributed by atoms with E-state index in [-0.39, 0.29) is 17.6 Å². The molecule has 7 heteroatoms. The number of rotatable bonds is 3. The Morgan fingerprint density at radius 3 is 2.67 bits per heavy atom. The van der Waals surface area contributed by atoms with Crippen LogP contribution in [-0.4, -0.2) is 15.3 Å². The fourth-order valence-corrected chi connectivity index (χ4v) is 1.67. The lowest BCUT2D eigenvalue weighted by molar-refractivity contribution is 0.392. The standard InChI is InChI=1S/C11H12N4OS.ClH/c1-7-2-4-8(5-3-7)10-14-9(16-15-10)6-17-11(12)13;/h2-5H,6H2,1H3,(H3,12,13);1H. The number of nitrogens with two attached hydrogens (primary N) is 1. The van der Waals surface area contributed by atoms with Gasteiger partial charge in [0.15, 0.2) is 5.17 Å². The lowest BCUT2D eigenvalue weighted by atomic mass is 10.1. The molecule has 0 bridgehead atoms. The van der Waals surface area contributed by atoms with Crippen LogP contribution in [0.4, 0.5) is 0 Å². The summed E-state index contributed by atoms with van der Waals surface area (Å²) >= 11 is 1.16. The van der Waals surface area contributed by atoms with Gasteiger partial charge in [-0.25, -0.2) is 0 Å². The number of thioether (sulfide) groups is 1. The molecule has 2 rings (SSSR count). The summed E-state index contributed by atoms with van der Waals surface area (Å²) in [6.07, 6.45) is 0. The van der Waals surface area contributed by atoms with Crippen molar-refractivity contribution in [1.29, 1.82) is 5.41 Å². The third kappa shape index (κ3) is 3.75. The summed E-state index contributed by atoms with van der Waals surface area (Å²) in [4.78, 5) is 4.23. The molecule has 1 aromatic heterocycles. The number of aromatic nitrogens is 2. The monoisotopic (exact) mass is 284 g/mol. The minimum Gasteiger partial charge on any atom is -0.379 e. The Morgan fingerprint density at radius 1 is 1.39 bits per heavy atom. The number of nitrogens with one attached hydrogen (secondary N) is 1. The van der Waals surface area contributed by atoms with Crippen LogP contribution in [0.15, 0.2) is 28.8 Å². The predicted octanol–water partition coefficient (Wildman–Crippen LogP) is 2.59. The van der Waals surface area contributed by atoms with Crippen LogP contribution in [0.25, 0.3) is 11.4 Å². The molecule has 0 saturated carbocycles. The highest BCUT2D eigenvalue weighted by Crippen LogP contribution is 2.18. The maximum Gasteiger partial charge on any atom is 0.237 e. The molecule has 0 aliphatic carbocycles. The van der Waals surface area contributed by atoms with Gasteiger partial charge in [0.25, 0.3) is 0 Å². The lowest BCUT2D eigenvalue weighted by Crippen LogP contribution is -2.03. The molecule has 2 aromatic rings. The highest BCUT2D eigenvalue weighted by atomic mass is 35.5. The molecule has 18 heavy (non-hydrogen) atoms. The highest BCUT2D eigenvalue weighted by Gasteiger charge is 2.08. The second-order valence-electron chi connectivity index (χ2n) is 3.53. The van der Waals surface area contributed by atoms with E-state index in [1.165, 1.54) is 5.56 Å². The summed E-state index contributed by atoms with van der Waals surface area (Å²) in [6, 6.07) is 7.88. The molecule has 1 heterocycles. The van der Waals surface area contributed by atoms with Crippen molar-refractivity contribution in [3.05, 3.63) is 35.7 Å². The van der Waals surface area contributed by atoms with Gasteiger partial charge in [-0.1, -0.05) is 46.7 Å². The first-order valence-corrected chi connectivity index (χ1v) is 6.00. The highest BCUT2D eigenvalue weighted by molar-refractivity contribution is 8.12. The zero-order valence-corrected chi connectivity index (χ0v) is 11.3. The van der Waals surface area contributed by atoms with E-state index < -0.39 is 0 Å². The molecule has 0 amide bonds. The van der Waals surface area contributed by atoms with Gasteiger partial charge < -0.3 is 10.3 Å². The van der Waals surface area contributed by atoms with E-state index in [2.05, 4.69) is 10.1 Å². The Morgan fingerprint density at radius 2 is 2.06 bits per heavy atom. The van der Waals surface area contributed by atoms with Crippen molar-refractivity contribution in [2.24, 2.45) is 5.73 Å². The van der Waals surface area contributed by atoms with E-state index >= 15 is 0 Å². The number of hydrogen-bond acceptors (Lipinski definition) is 5. The van der Waals surface area contributed by atoms with Gasteiger partial charge in [0, 0.05) is 5.56 Å². The summed E-state index contributed by atoms with van der Waals surface area (Å²) < 4.78 is 5.07. The number of aryl methyl sites for hydroxylation is 1. The normalized spacial score (nSPS) is 9.83. The fraction of sp³-hybridized carbons (Fsp3) is 0.182. The summed E-state index contributed by atoms with van der Waals surface area (Å²) in [5.74, 6) is 1.46. The molecule has 0 fully saturated rings. The molecule has 0 saturated heterocycles. The first kappa shape index (κ1) is 14.5. The van der Waals surface area contributed by atoms with E-state index in [9.17, 15) is 0 Å². The number of halogens is 1. The van der Waals surface area contributed by atoms with Crippen molar-refractivity contribution in [3.63, 3.8) is 0 Å². The minimum absolute atomic E-state index is 0. The third-order valence-corrected chi connectivity index (χ3v) is 2.83. The van der Waals surface area contributed by atoms with Gasteiger partial charge in [-0.15, -0.1) is 12.4 Å². The molecular formula is C11H13ClN4OS. The number of hydrogen-bond donors (Lipinski definition) is 2. The first-order chi connectivity index (χ1) is 8.15. The maximum absolute atomic E-state index is 7.09. The second-order valence-corrected chi connectivity index (χ2v) is 4.55. The van der Waals surface area contributed by atoms with Crippen molar-refractivity contribution in [2.75, 3.05) is 0 Å². The van der Waals surface area contributed by atoms with Crippen LogP contribution < -0.4 is 5.73 Å². The second kappa shape index (κ2) is 6.42. The molecule has 96 valence electrons. The average molecular weight is 285 g/mol. The van der Waals surface area contributed by atoms with Crippen LogP contribution in [-0.2, 0) is 5.75 Å². The van der Waals surface area contributed by atoms with Gasteiger partial charge in [0.05, 0.1) is 5.75 Å². The van der Waals surface area contributed by atoms with Crippen LogP contribution in [0.1, 0.15) is 11.5 Å². The van der Waals surface area contributed by atoms with Gasteiger partial charge in [0.2, 0.25) is 11.7 Å². The zero-order valence-electron chi connectivity index (χ0n) is 9.71. The van der Waals surface area contributed by atoms with Gasteiger partial charge in [-0.2, -0.15) is 4.98 Å². The zero-order chi connectivity index (χ0) is 12.3. The molecule has 0 radical (unpaired) electrons.